The summed E-state index contributed by atoms with van der Waals surface area (Å²) in [7, 11) is 0. The Kier molecular flexibility index (Phi) is 12.8. The van der Waals surface area contributed by atoms with Crippen molar-refractivity contribution in [2.45, 2.75) is 136 Å². The van der Waals surface area contributed by atoms with Crippen LogP contribution in [0.3, 0.4) is 0 Å². The summed E-state index contributed by atoms with van der Waals surface area (Å²) in [4.78, 5) is 0. The van der Waals surface area contributed by atoms with Crippen molar-refractivity contribution < 1.29 is 24.4 Å². The molecule has 298 valence electrons. The SMILES string of the molecule is CC(C)C(CCO)CC(O)C(C)C1=CCC2C3C(OCc4ccccc4)C(OCc4ccccc4)C4CCCCC4(C)C3(OCc3ccccc3)CCC12C. The Morgan fingerprint density at radius 2 is 1.29 bits per heavy atom. The zero-order valence-corrected chi connectivity index (χ0v) is 34.2. The standard InChI is InChI=1S/C50H68O5/c1-35(2)40(26-30-51)31-44(52)36(3)41-24-25-42-45-47(54-33-38-19-11-7-12-20-38)46(53-32-37-17-9-6-10-18-37)43-23-15-16-27-49(43,5)50(45,29-28-48(41,42)4)55-34-39-21-13-8-14-22-39/h6-14,17-22,24,35-36,40,42-47,51-52H,15-16,23,25-34H2,1-5H3. The molecule has 0 aromatic heterocycles. The molecule has 0 bridgehead atoms. The molecule has 5 nitrogen and oxygen atoms in total. The van der Waals surface area contributed by atoms with Crippen LogP contribution in [0.2, 0.25) is 0 Å². The van der Waals surface area contributed by atoms with Crippen LogP contribution < -0.4 is 0 Å². The zero-order valence-electron chi connectivity index (χ0n) is 34.2. The molecule has 11 atom stereocenters. The maximum absolute atomic E-state index is 11.9. The molecule has 11 unspecified atom stereocenters. The minimum atomic E-state index is -0.458. The van der Waals surface area contributed by atoms with Gasteiger partial charge in [0.05, 0.1) is 43.7 Å². The van der Waals surface area contributed by atoms with Gasteiger partial charge in [-0.25, -0.2) is 0 Å². The molecule has 5 heteroatoms. The van der Waals surface area contributed by atoms with Crippen molar-refractivity contribution >= 4 is 0 Å². The normalized spacial score (nSPS) is 33.2. The summed E-state index contributed by atoms with van der Waals surface area (Å²) in [6.07, 6.45) is 10.8. The van der Waals surface area contributed by atoms with Gasteiger partial charge in [0.2, 0.25) is 0 Å². The molecular formula is C50H68O5. The topological polar surface area (TPSA) is 68.2 Å². The lowest BCUT2D eigenvalue weighted by atomic mass is 9.41. The third-order valence-electron chi connectivity index (χ3n) is 15.3. The van der Waals surface area contributed by atoms with E-state index in [0.29, 0.717) is 44.0 Å². The van der Waals surface area contributed by atoms with Crippen LogP contribution in [-0.2, 0) is 34.0 Å². The maximum atomic E-state index is 11.9. The Morgan fingerprint density at radius 3 is 1.87 bits per heavy atom. The summed E-state index contributed by atoms with van der Waals surface area (Å²) in [6, 6.07) is 32.0. The smallest absolute Gasteiger partial charge is 0.0903 e. The molecule has 7 rings (SSSR count). The molecule has 4 aliphatic rings. The second-order valence-corrected chi connectivity index (χ2v) is 18.5. The molecule has 0 radical (unpaired) electrons. The molecule has 2 N–H and O–H groups in total. The van der Waals surface area contributed by atoms with Crippen LogP contribution >= 0.6 is 0 Å². The van der Waals surface area contributed by atoms with Gasteiger partial charge in [0.25, 0.3) is 0 Å². The lowest BCUT2D eigenvalue weighted by Gasteiger charge is -2.69. The van der Waals surface area contributed by atoms with Crippen molar-refractivity contribution in [3.8, 4) is 0 Å². The number of ether oxygens (including phenoxy) is 3. The fourth-order valence-corrected chi connectivity index (χ4v) is 12.2. The molecule has 3 fully saturated rings. The van der Waals surface area contributed by atoms with Gasteiger partial charge in [-0.2, -0.15) is 0 Å². The van der Waals surface area contributed by atoms with Crippen LogP contribution in [0.5, 0.6) is 0 Å². The van der Waals surface area contributed by atoms with Crippen LogP contribution in [0, 0.1) is 46.3 Å². The highest BCUT2D eigenvalue weighted by molar-refractivity contribution is 5.32. The molecule has 0 aliphatic heterocycles. The van der Waals surface area contributed by atoms with Crippen LogP contribution in [0.4, 0.5) is 0 Å². The molecule has 0 heterocycles. The molecule has 55 heavy (non-hydrogen) atoms. The number of aliphatic hydroxyl groups excluding tert-OH is 2. The zero-order chi connectivity index (χ0) is 38.6. The minimum Gasteiger partial charge on any atom is -0.396 e. The summed E-state index contributed by atoms with van der Waals surface area (Å²) >= 11 is 0. The predicted molar refractivity (Wildman–Crippen MR) is 221 cm³/mol. The van der Waals surface area contributed by atoms with Gasteiger partial charge in [0.1, 0.15) is 0 Å². The molecule has 0 amide bonds. The van der Waals surface area contributed by atoms with Crippen molar-refractivity contribution in [3.05, 3.63) is 119 Å². The largest absolute Gasteiger partial charge is 0.396 e. The van der Waals surface area contributed by atoms with E-state index in [1.54, 1.807) is 0 Å². The first kappa shape index (κ1) is 40.4. The van der Waals surface area contributed by atoms with E-state index in [4.69, 9.17) is 14.2 Å². The summed E-state index contributed by atoms with van der Waals surface area (Å²) in [6.45, 7) is 13.6. The van der Waals surface area contributed by atoms with E-state index in [2.05, 4.69) is 132 Å². The fraction of sp³-hybridized carbons (Fsp3) is 0.600. The minimum absolute atomic E-state index is 0.0306. The van der Waals surface area contributed by atoms with Crippen molar-refractivity contribution in [2.24, 2.45) is 46.3 Å². The van der Waals surface area contributed by atoms with Crippen LogP contribution in [0.25, 0.3) is 0 Å². The number of allylic oxidation sites excluding steroid dienone is 1. The number of rotatable bonds is 16. The van der Waals surface area contributed by atoms with Crippen LogP contribution in [0.1, 0.15) is 109 Å². The third kappa shape index (κ3) is 7.91. The Labute approximate surface area is 331 Å². The monoisotopic (exact) mass is 749 g/mol. The third-order valence-corrected chi connectivity index (χ3v) is 15.3. The van der Waals surface area contributed by atoms with Crippen molar-refractivity contribution in [1.82, 2.24) is 0 Å². The molecule has 4 aliphatic carbocycles. The van der Waals surface area contributed by atoms with E-state index in [-0.39, 0.29) is 47.4 Å². The molecule has 0 spiro atoms. The Bertz CT molecular complexity index is 1680. The highest BCUT2D eigenvalue weighted by Crippen LogP contribution is 2.71. The second-order valence-electron chi connectivity index (χ2n) is 18.5. The number of hydrogen-bond acceptors (Lipinski definition) is 5. The fourth-order valence-electron chi connectivity index (χ4n) is 12.2. The lowest BCUT2D eigenvalue weighted by Crippen LogP contribution is -2.74. The highest BCUT2D eigenvalue weighted by atomic mass is 16.5. The van der Waals surface area contributed by atoms with Crippen molar-refractivity contribution in [3.63, 3.8) is 0 Å². The van der Waals surface area contributed by atoms with E-state index in [0.717, 1.165) is 38.5 Å². The van der Waals surface area contributed by atoms with Gasteiger partial charge in [-0.3, -0.25) is 0 Å². The van der Waals surface area contributed by atoms with E-state index in [9.17, 15) is 10.2 Å². The summed E-state index contributed by atoms with van der Waals surface area (Å²) in [5, 5.41) is 21.7. The Morgan fingerprint density at radius 1 is 0.709 bits per heavy atom. The van der Waals surface area contributed by atoms with Crippen LogP contribution in [0.15, 0.2) is 103 Å². The quantitative estimate of drug-likeness (QED) is 0.143. The predicted octanol–water partition coefficient (Wildman–Crippen LogP) is 10.7. The highest BCUT2D eigenvalue weighted by Gasteiger charge is 2.72. The summed E-state index contributed by atoms with van der Waals surface area (Å²) in [5.74, 6) is 1.41. The molecule has 3 aromatic carbocycles. The van der Waals surface area contributed by atoms with Gasteiger partial charge in [0, 0.05) is 23.9 Å². The van der Waals surface area contributed by atoms with E-state index in [1.807, 2.05) is 0 Å². The summed E-state index contributed by atoms with van der Waals surface area (Å²) < 4.78 is 22.4. The average Bonchev–Trinajstić information content (AvgIpc) is 3.56. The van der Waals surface area contributed by atoms with E-state index >= 15 is 0 Å². The number of aliphatic hydroxyl groups is 2. The van der Waals surface area contributed by atoms with Crippen LogP contribution in [-0.4, -0.2) is 40.7 Å². The average molecular weight is 749 g/mol. The molecular weight excluding hydrogens is 681 g/mol. The van der Waals surface area contributed by atoms with Crippen molar-refractivity contribution in [1.29, 1.82) is 0 Å². The van der Waals surface area contributed by atoms with Crippen molar-refractivity contribution in [2.75, 3.05) is 6.61 Å². The molecule has 3 saturated carbocycles. The van der Waals surface area contributed by atoms with Gasteiger partial charge in [-0.15, -0.1) is 0 Å². The van der Waals surface area contributed by atoms with E-state index < -0.39 is 11.7 Å². The van der Waals surface area contributed by atoms with Gasteiger partial charge >= 0.3 is 0 Å². The van der Waals surface area contributed by atoms with Gasteiger partial charge in [-0.05, 0) is 90.7 Å². The van der Waals surface area contributed by atoms with Gasteiger partial charge in [0.15, 0.2) is 0 Å². The first-order chi connectivity index (χ1) is 26.6. The molecule has 0 saturated heterocycles. The van der Waals surface area contributed by atoms with E-state index in [1.165, 1.54) is 35.1 Å². The summed E-state index contributed by atoms with van der Waals surface area (Å²) in [5.41, 5.74) is 4.40. The van der Waals surface area contributed by atoms with Gasteiger partial charge < -0.3 is 24.4 Å². The first-order valence-electron chi connectivity index (χ1n) is 21.6. The first-order valence-corrected chi connectivity index (χ1v) is 21.6. The Balaban J connectivity index is 1.30. The number of hydrogen-bond donors (Lipinski definition) is 2. The second kappa shape index (κ2) is 17.4. The Hall–Kier alpha value is -2.80. The van der Waals surface area contributed by atoms with Gasteiger partial charge in [-0.1, -0.05) is 150 Å². The number of benzene rings is 3. The molecule has 3 aromatic rings. The maximum Gasteiger partial charge on any atom is 0.0903 e. The lowest BCUT2D eigenvalue weighted by molar-refractivity contribution is -0.324. The number of fused-ring (bicyclic) bond motifs is 5.